The lowest BCUT2D eigenvalue weighted by atomic mass is 9.82. The van der Waals surface area contributed by atoms with Crippen LogP contribution in [0.5, 0.6) is 0 Å². The monoisotopic (exact) mass is 451 g/mol. The number of aryl methyl sites for hydroxylation is 1. The van der Waals surface area contributed by atoms with Gasteiger partial charge in [0.2, 0.25) is 0 Å². The number of pyridine rings is 1. The highest BCUT2D eigenvalue weighted by Gasteiger charge is 2.27. The van der Waals surface area contributed by atoms with Crippen molar-refractivity contribution in [3.8, 4) is 22.5 Å². The van der Waals surface area contributed by atoms with E-state index >= 15 is 4.39 Å². The molecule has 1 aliphatic carbocycles. The van der Waals surface area contributed by atoms with Crippen molar-refractivity contribution >= 4 is 23.2 Å². The standard InChI is InChI=1S/C24H23ClFN5O/c1-13-9-16(10-13)28-24(32)15-7-8-31-19(11-15)29-22(23(31)25)20-17(5-4-6-18(20)26)21-14(2)30(3)12-27-21/h4-8,11-13,16H,9-10H2,1-3H3,(H,28,32). The fourth-order valence-electron chi connectivity index (χ4n) is 4.32. The molecule has 0 aliphatic heterocycles. The lowest BCUT2D eigenvalue weighted by Crippen LogP contribution is -2.43. The Hall–Kier alpha value is -3.19. The Morgan fingerprint density at radius 1 is 1.25 bits per heavy atom. The molecule has 0 atom stereocenters. The molecule has 0 unspecified atom stereocenters. The molecule has 6 nitrogen and oxygen atoms in total. The molecule has 3 heterocycles. The highest BCUT2D eigenvalue weighted by atomic mass is 35.5. The maximum Gasteiger partial charge on any atom is 0.251 e. The number of fused-ring (bicyclic) bond motifs is 1. The zero-order valence-corrected chi connectivity index (χ0v) is 18.8. The van der Waals surface area contributed by atoms with Crippen LogP contribution < -0.4 is 5.32 Å². The number of hydrogen-bond acceptors (Lipinski definition) is 3. The molecule has 1 aliphatic rings. The quantitative estimate of drug-likeness (QED) is 0.473. The number of aromatic nitrogens is 4. The number of carbonyl (C=O) groups is 1. The Morgan fingerprint density at radius 2 is 2.03 bits per heavy atom. The molecule has 164 valence electrons. The SMILES string of the molecule is Cc1c(-c2cccc(F)c2-c2nc3cc(C(=O)NC4CC(C)C4)ccn3c2Cl)ncn1C. The molecule has 5 rings (SSSR count). The maximum absolute atomic E-state index is 15.1. The predicted octanol–water partition coefficient (Wildman–Crippen LogP) is 5.03. The summed E-state index contributed by atoms with van der Waals surface area (Å²) in [5.74, 6) is 0.0739. The third kappa shape index (κ3) is 3.37. The minimum absolute atomic E-state index is 0.138. The number of nitrogens with one attached hydrogen (secondary N) is 1. The Kier molecular flexibility index (Phi) is 5.01. The van der Waals surface area contributed by atoms with Crippen LogP contribution in [0, 0.1) is 18.7 Å². The average molecular weight is 452 g/mol. The summed E-state index contributed by atoms with van der Waals surface area (Å²) in [6.45, 7) is 4.10. The van der Waals surface area contributed by atoms with Gasteiger partial charge in [-0.25, -0.2) is 14.4 Å². The van der Waals surface area contributed by atoms with Gasteiger partial charge in [0.25, 0.3) is 5.91 Å². The molecule has 0 bridgehead atoms. The second kappa shape index (κ2) is 7.74. The summed E-state index contributed by atoms with van der Waals surface area (Å²) in [7, 11) is 1.89. The molecule has 1 amide bonds. The summed E-state index contributed by atoms with van der Waals surface area (Å²) < 4.78 is 18.6. The van der Waals surface area contributed by atoms with Crippen LogP contribution in [-0.4, -0.2) is 30.9 Å². The molecule has 1 fully saturated rings. The minimum Gasteiger partial charge on any atom is -0.349 e. The highest BCUT2D eigenvalue weighted by Crippen LogP contribution is 2.38. The zero-order valence-electron chi connectivity index (χ0n) is 18.1. The molecule has 1 saturated carbocycles. The number of carbonyl (C=O) groups excluding carboxylic acids is 1. The van der Waals surface area contributed by atoms with E-state index < -0.39 is 5.82 Å². The number of rotatable bonds is 4. The highest BCUT2D eigenvalue weighted by molar-refractivity contribution is 6.32. The first kappa shape index (κ1) is 20.7. The van der Waals surface area contributed by atoms with Crippen molar-refractivity contribution in [3.63, 3.8) is 0 Å². The Balaban J connectivity index is 1.58. The topological polar surface area (TPSA) is 64.2 Å². The lowest BCUT2D eigenvalue weighted by molar-refractivity contribution is 0.0896. The first-order valence-corrected chi connectivity index (χ1v) is 11.0. The Labute approximate surface area is 190 Å². The van der Waals surface area contributed by atoms with E-state index in [-0.39, 0.29) is 22.7 Å². The number of hydrogen-bond donors (Lipinski definition) is 1. The van der Waals surface area contributed by atoms with Crippen molar-refractivity contribution in [1.82, 2.24) is 24.3 Å². The van der Waals surface area contributed by atoms with Gasteiger partial charge in [0.1, 0.15) is 22.3 Å². The Bertz CT molecular complexity index is 1350. The van der Waals surface area contributed by atoms with Crippen LogP contribution in [0.15, 0.2) is 42.9 Å². The second-order valence-corrected chi connectivity index (χ2v) is 8.95. The first-order chi connectivity index (χ1) is 15.3. The molecule has 0 radical (unpaired) electrons. The van der Waals surface area contributed by atoms with E-state index in [0.717, 1.165) is 18.5 Å². The van der Waals surface area contributed by atoms with Gasteiger partial charge in [-0.1, -0.05) is 30.7 Å². The molecule has 0 saturated heterocycles. The van der Waals surface area contributed by atoms with Gasteiger partial charge < -0.3 is 9.88 Å². The van der Waals surface area contributed by atoms with E-state index in [2.05, 4.69) is 22.2 Å². The first-order valence-electron chi connectivity index (χ1n) is 10.6. The number of benzene rings is 1. The van der Waals surface area contributed by atoms with Crippen molar-refractivity contribution in [2.45, 2.75) is 32.7 Å². The second-order valence-electron chi connectivity index (χ2n) is 8.59. The average Bonchev–Trinajstić information content (AvgIpc) is 3.25. The predicted molar refractivity (Wildman–Crippen MR) is 122 cm³/mol. The van der Waals surface area contributed by atoms with Gasteiger partial charge in [0, 0.05) is 41.7 Å². The molecule has 32 heavy (non-hydrogen) atoms. The fraction of sp³-hybridized carbons (Fsp3) is 0.292. The summed E-state index contributed by atoms with van der Waals surface area (Å²) in [5.41, 5.74) is 3.77. The lowest BCUT2D eigenvalue weighted by Gasteiger charge is -2.33. The van der Waals surface area contributed by atoms with Gasteiger partial charge in [0.15, 0.2) is 0 Å². The van der Waals surface area contributed by atoms with Crippen molar-refractivity contribution in [2.75, 3.05) is 0 Å². The molecule has 3 aromatic heterocycles. The summed E-state index contributed by atoms with van der Waals surface area (Å²) >= 11 is 6.64. The van der Waals surface area contributed by atoms with E-state index in [4.69, 9.17) is 11.6 Å². The summed E-state index contributed by atoms with van der Waals surface area (Å²) in [6, 6.07) is 8.44. The van der Waals surface area contributed by atoms with Crippen LogP contribution >= 0.6 is 11.6 Å². The third-order valence-electron chi connectivity index (χ3n) is 6.28. The normalized spacial score (nSPS) is 18.0. The number of amides is 1. The number of nitrogens with zero attached hydrogens (tertiary/aromatic N) is 4. The van der Waals surface area contributed by atoms with Gasteiger partial charge >= 0.3 is 0 Å². The summed E-state index contributed by atoms with van der Waals surface area (Å²) in [4.78, 5) is 21.7. The smallest absolute Gasteiger partial charge is 0.251 e. The van der Waals surface area contributed by atoms with Crippen LogP contribution in [0.2, 0.25) is 5.15 Å². The number of halogens is 2. The van der Waals surface area contributed by atoms with Gasteiger partial charge in [-0.05, 0) is 43.9 Å². The van der Waals surface area contributed by atoms with Gasteiger partial charge in [0.05, 0.1) is 12.0 Å². The van der Waals surface area contributed by atoms with E-state index in [1.54, 1.807) is 35.1 Å². The molecule has 1 N–H and O–H groups in total. The van der Waals surface area contributed by atoms with Gasteiger partial charge in [-0.2, -0.15) is 0 Å². The van der Waals surface area contributed by atoms with Crippen molar-refractivity contribution in [2.24, 2.45) is 13.0 Å². The molecular weight excluding hydrogens is 429 g/mol. The van der Waals surface area contributed by atoms with Crippen LogP contribution in [0.3, 0.4) is 0 Å². The van der Waals surface area contributed by atoms with Crippen LogP contribution in [0.4, 0.5) is 4.39 Å². The summed E-state index contributed by atoms with van der Waals surface area (Å²) in [5, 5.41) is 3.33. The molecule has 0 spiro atoms. The summed E-state index contributed by atoms with van der Waals surface area (Å²) in [6.07, 6.45) is 5.38. The number of imidazole rings is 2. The van der Waals surface area contributed by atoms with Gasteiger partial charge in [-0.15, -0.1) is 0 Å². The molecular formula is C24H23ClFN5O. The van der Waals surface area contributed by atoms with E-state index in [1.807, 2.05) is 24.6 Å². The molecule has 1 aromatic carbocycles. The van der Waals surface area contributed by atoms with Crippen LogP contribution in [-0.2, 0) is 7.05 Å². The van der Waals surface area contributed by atoms with Crippen molar-refractivity contribution in [3.05, 3.63) is 65.1 Å². The largest absolute Gasteiger partial charge is 0.349 e. The van der Waals surface area contributed by atoms with E-state index in [1.165, 1.54) is 6.07 Å². The van der Waals surface area contributed by atoms with E-state index in [9.17, 15) is 4.79 Å². The van der Waals surface area contributed by atoms with Crippen molar-refractivity contribution < 1.29 is 9.18 Å². The molecule has 8 heteroatoms. The zero-order chi connectivity index (χ0) is 22.6. The Morgan fingerprint density at radius 3 is 2.72 bits per heavy atom. The van der Waals surface area contributed by atoms with E-state index in [0.29, 0.717) is 34.1 Å². The molecule has 4 aromatic rings. The minimum atomic E-state index is -0.435. The maximum atomic E-state index is 15.1. The van der Waals surface area contributed by atoms with Crippen LogP contribution in [0.25, 0.3) is 28.2 Å². The van der Waals surface area contributed by atoms with Gasteiger partial charge in [-0.3, -0.25) is 9.20 Å². The van der Waals surface area contributed by atoms with Crippen molar-refractivity contribution in [1.29, 1.82) is 0 Å². The third-order valence-corrected chi connectivity index (χ3v) is 6.64. The van der Waals surface area contributed by atoms with Crippen LogP contribution in [0.1, 0.15) is 35.8 Å². The fourth-order valence-corrected chi connectivity index (χ4v) is 4.60.